The Bertz CT molecular complexity index is 1030. The van der Waals surface area contributed by atoms with Crippen molar-refractivity contribution in [3.63, 3.8) is 0 Å². The van der Waals surface area contributed by atoms with Crippen molar-refractivity contribution < 1.29 is 32.2 Å². The van der Waals surface area contributed by atoms with Crippen molar-refractivity contribution in [2.24, 2.45) is 4.99 Å². The van der Waals surface area contributed by atoms with Crippen molar-refractivity contribution in [1.82, 2.24) is 15.8 Å². The monoisotopic (exact) mass is 455 g/mol. The van der Waals surface area contributed by atoms with Crippen molar-refractivity contribution in [3.05, 3.63) is 58.7 Å². The average molecular weight is 455 g/mol. The molecule has 0 fully saturated rings. The number of anilines is 1. The summed E-state index contributed by atoms with van der Waals surface area (Å²) in [5, 5.41) is 15.3. The number of hydrogen-bond acceptors (Lipinski definition) is 6. The van der Waals surface area contributed by atoms with Gasteiger partial charge in [0.1, 0.15) is 6.61 Å². The summed E-state index contributed by atoms with van der Waals surface area (Å²) >= 11 is 0. The van der Waals surface area contributed by atoms with Crippen molar-refractivity contribution in [2.75, 3.05) is 32.1 Å². The number of aliphatic hydroxyl groups is 1. The van der Waals surface area contributed by atoms with Crippen molar-refractivity contribution >= 4 is 17.7 Å². The van der Waals surface area contributed by atoms with Crippen LogP contribution in [-0.4, -0.2) is 48.9 Å². The second kappa shape index (κ2) is 9.83. The van der Waals surface area contributed by atoms with Crippen LogP contribution in [0.5, 0.6) is 5.75 Å². The van der Waals surface area contributed by atoms with E-state index >= 15 is 0 Å². The van der Waals surface area contributed by atoms with Gasteiger partial charge in [-0.25, -0.2) is 32.8 Å². The number of rotatable bonds is 5. The highest BCUT2D eigenvalue weighted by Crippen LogP contribution is 2.27. The summed E-state index contributed by atoms with van der Waals surface area (Å²) in [6, 6.07) is 2.63. The van der Waals surface area contributed by atoms with Crippen LogP contribution in [0, 0.1) is 30.2 Å². The van der Waals surface area contributed by atoms with Gasteiger partial charge >= 0.3 is 6.03 Å². The van der Waals surface area contributed by atoms with Crippen LogP contribution in [0.15, 0.2) is 29.3 Å². The minimum Gasteiger partial charge on any atom is -0.488 e. The van der Waals surface area contributed by atoms with E-state index in [1.807, 2.05) is 0 Å². The highest BCUT2D eigenvalue weighted by Gasteiger charge is 2.23. The van der Waals surface area contributed by atoms with E-state index in [4.69, 9.17) is 9.84 Å². The van der Waals surface area contributed by atoms with Gasteiger partial charge in [-0.05, 0) is 36.2 Å². The minimum absolute atomic E-state index is 0.0283. The minimum atomic E-state index is -1.60. The maximum Gasteiger partial charge on any atom is 0.338 e. The second-order valence-corrected chi connectivity index (χ2v) is 6.94. The molecule has 1 aliphatic rings. The molecular weight excluding hydrogens is 434 g/mol. The van der Waals surface area contributed by atoms with E-state index in [1.165, 1.54) is 19.2 Å². The van der Waals surface area contributed by atoms with Crippen molar-refractivity contribution in [1.29, 1.82) is 0 Å². The van der Waals surface area contributed by atoms with Crippen LogP contribution in [0.1, 0.15) is 17.2 Å². The normalized spacial score (nSPS) is 16.7. The number of amides is 2. The third-order valence-corrected chi connectivity index (χ3v) is 4.61. The average Bonchev–Trinajstić information content (AvgIpc) is 2.74. The maximum absolute atomic E-state index is 14.1. The Morgan fingerprint density at radius 1 is 1.19 bits per heavy atom. The highest BCUT2D eigenvalue weighted by atomic mass is 19.2. The number of carbonyl (C=O) groups is 1. The Kier molecular flexibility index (Phi) is 7.15. The lowest BCUT2D eigenvalue weighted by atomic mass is 10.1. The molecule has 12 heteroatoms. The molecule has 0 aliphatic carbocycles. The van der Waals surface area contributed by atoms with E-state index in [1.54, 1.807) is 6.92 Å². The SMILES string of the molecule is Cc1cc(F)c(OCCO)cc1NC1=NC(c2cc(F)c(F)c(F)c2)CNN(C)C(=O)N1. The van der Waals surface area contributed by atoms with Gasteiger partial charge in [0.15, 0.2) is 29.0 Å². The van der Waals surface area contributed by atoms with Gasteiger partial charge in [0.25, 0.3) is 0 Å². The van der Waals surface area contributed by atoms with Gasteiger partial charge in [-0.2, -0.15) is 0 Å². The predicted molar refractivity (Wildman–Crippen MR) is 108 cm³/mol. The van der Waals surface area contributed by atoms with Crippen molar-refractivity contribution in [2.45, 2.75) is 13.0 Å². The summed E-state index contributed by atoms with van der Waals surface area (Å²) in [5.41, 5.74) is 3.52. The molecule has 1 unspecified atom stereocenters. The van der Waals surface area contributed by atoms with Crippen molar-refractivity contribution in [3.8, 4) is 5.75 Å². The number of carbonyl (C=O) groups excluding carboxylic acids is 1. The molecule has 8 nitrogen and oxygen atoms in total. The quantitative estimate of drug-likeness (QED) is 0.411. The summed E-state index contributed by atoms with van der Waals surface area (Å²) in [6.07, 6.45) is 0. The van der Waals surface area contributed by atoms with Gasteiger partial charge in [0.2, 0.25) is 5.96 Å². The number of benzene rings is 2. The van der Waals surface area contributed by atoms with E-state index in [-0.39, 0.29) is 37.0 Å². The number of ether oxygens (including phenoxy) is 1. The van der Waals surface area contributed by atoms with Crippen LogP contribution < -0.4 is 20.8 Å². The fourth-order valence-electron chi connectivity index (χ4n) is 2.92. The Morgan fingerprint density at radius 2 is 1.88 bits per heavy atom. The molecule has 0 aromatic heterocycles. The first kappa shape index (κ1) is 23.3. The smallest absolute Gasteiger partial charge is 0.338 e. The number of hydrazine groups is 1. The topological polar surface area (TPSA) is 98.2 Å². The van der Waals surface area contributed by atoms with Gasteiger partial charge in [-0.15, -0.1) is 0 Å². The van der Waals surface area contributed by atoms with Gasteiger partial charge in [0, 0.05) is 25.3 Å². The number of aliphatic hydroxyl groups excluding tert-OH is 1. The number of nitrogens with one attached hydrogen (secondary N) is 3. The molecule has 1 aliphatic heterocycles. The molecular formula is C20H21F4N5O3. The number of nitrogens with zero attached hydrogens (tertiary/aromatic N) is 2. The Balaban J connectivity index is 1.98. The first-order chi connectivity index (χ1) is 15.2. The third kappa shape index (κ3) is 5.26. The number of aliphatic imine (C=N–C) groups is 1. The molecule has 0 spiro atoms. The molecule has 3 rings (SSSR count). The zero-order chi connectivity index (χ0) is 23.4. The van der Waals surface area contributed by atoms with Crippen LogP contribution >= 0.6 is 0 Å². The van der Waals surface area contributed by atoms with Gasteiger partial charge < -0.3 is 15.2 Å². The number of hydrogen-bond donors (Lipinski definition) is 4. The zero-order valence-corrected chi connectivity index (χ0v) is 17.2. The van der Waals surface area contributed by atoms with E-state index in [0.717, 1.165) is 17.1 Å². The van der Waals surface area contributed by atoms with Gasteiger partial charge in [-0.1, -0.05) is 0 Å². The molecule has 2 aromatic rings. The molecule has 4 N–H and O–H groups in total. The molecule has 0 bridgehead atoms. The highest BCUT2D eigenvalue weighted by molar-refractivity contribution is 6.04. The van der Waals surface area contributed by atoms with Crippen LogP contribution in [0.4, 0.5) is 28.0 Å². The fourth-order valence-corrected chi connectivity index (χ4v) is 2.92. The Morgan fingerprint density at radius 3 is 2.53 bits per heavy atom. The van der Waals surface area contributed by atoms with E-state index in [0.29, 0.717) is 11.3 Å². The summed E-state index contributed by atoms with van der Waals surface area (Å²) in [4.78, 5) is 16.6. The summed E-state index contributed by atoms with van der Waals surface area (Å²) in [6.45, 7) is 1.12. The van der Waals surface area contributed by atoms with Gasteiger partial charge in [0.05, 0.1) is 12.6 Å². The molecule has 2 aromatic carbocycles. The standard InChI is InChI=1S/C20H21F4N5O3/c1-10-5-12(21)17(32-4-3-30)8-15(10)26-19-27-16(9-25-29(2)20(31)28-19)11-6-13(22)18(24)14(23)7-11/h5-8,16,25,30H,3-4,9H2,1-2H3,(H2,26,27,28,31). The number of guanidine groups is 1. The number of urea groups is 1. The molecule has 1 atom stereocenters. The molecule has 0 saturated carbocycles. The van der Waals surface area contributed by atoms with E-state index in [9.17, 15) is 22.4 Å². The fraction of sp³-hybridized carbons (Fsp3) is 0.300. The molecule has 1 heterocycles. The van der Waals surface area contributed by atoms with Crippen LogP contribution in [0.25, 0.3) is 0 Å². The summed E-state index contributed by atoms with van der Waals surface area (Å²) < 4.78 is 60.1. The first-order valence-corrected chi connectivity index (χ1v) is 9.51. The number of aryl methyl sites for hydroxylation is 1. The molecule has 172 valence electrons. The molecule has 0 saturated heterocycles. The lowest BCUT2D eigenvalue weighted by molar-refractivity contribution is 0.188. The molecule has 2 amide bonds. The summed E-state index contributed by atoms with van der Waals surface area (Å²) in [5.74, 6) is -5.22. The van der Waals surface area contributed by atoms with Crippen LogP contribution in [0.3, 0.4) is 0 Å². The molecule has 32 heavy (non-hydrogen) atoms. The third-order valence-electron chi connectivity index (χ3n) is 4.61. The molecule has 0 radical (unpaired) electrons. The summed E-state index contributed by atoms with van der Waals surface area (Å²) in [7, 11) is 1.42. The van der Waals surface area contributed by atoms with Crippen LogP contribution in [0.2, 0.25) is 0 Å². The Hall–Kier alpha value is -3.38. The number of halogens is 4. The lowest BCUT2D eigenvalue weighted by Crippen LogP contribution is -2.52. The zero-order valence-electron chi connectivity index (χ0n) is 17.2. The predicted octanol–water partition coefficient (Wildman–Crippen LogP) is 2.59. The maximum atomic E-state index is 14.1. The first-order valence-electron chi connectivity index (χ1n) is 9.51. The van der Waals surface area contributed by atoms with E-state index in [2.05, 4.69) is 21.1 Å². The van der Waals surface area contributed by atoms with Crippen LogP contribution in [-0.2, 0) is 0 Å². The second-order valence-electron chi connectivity index (χ2n) is 6.94. The van der Waals surface area contributed by atoms with E-state index < -0.39 is 35.3 Å². The lowest BCUT2D eigenvalue weighted by Gasteiger charge is -2.27. The Labute approximate surface area is 180 Å². The van der Waals surface area contributed by atoms with Gasteiger partial charge in [-0.3, -0.25) is 10.3 Å². The largest absolute Gasteiger partial charge is 0.488 e.